The zero-order chi connectivity index (χ0) is 17.5. The van der Waals surface area contributed by atoms with E-state index in [1.807, 2.05) is 6.92 Å². The lowest BCUT2D eigenvalue weighted by molar-refractivity contribution is -0.146. The minimum Gasteiger partial charge on any atom is -0.481 e. The first-order chi connectivity index (χ1) is 11.2. The molecule has 1 saturated heterocycles. The number of anilines is 1. The summed E-state index contributed by atoms with van der Waals surface area (Å²) in [5.41, 5.74) is -0.0136. The molecule has 1 fully saturated rings. The Labute approximate surface area is 143 Å². The summed E-state index contributed by atoms with van der Waals surface area (Å²) < 4.78 is 0. The Morgan fingerprint density at radius 3 is 2.83 bits per heavy atom. The lowest BCUT2D eigenvalue weighted by atomic mass is 9.84. The van der Waals surface area contributed by atoms with Gasteiger partial charge in [0.2, 0.25) is 0 Å². The van der Waals surface area contributed by atoms with Gasteiger partial charge in [-0.2, -0.15) is 5.10 Å². The fraction of sp³-hybridized carbons (Fsp3) is 0.375. The maximum Gasteiger partial charge on any atom is 0.310 e. The number of nitrogens with one attached hydrogen (secondary N) is 2. The number of carbonyl (C=O) groups is 2. The SMILES string of the molecule is CC1(/C=N/N=C2\C(=O)Nc3ccc(Cl)cc32)CC(C)(C(=O)O)CN1. The Kier molecular flexibility index (Phi) is 3.93. The van der Waals surface area contributed by atoms with Gasteiger partial charge in [0.15, 0.2) is 5.71 Å². The van der Waals surface area contributed by atoms with E-state index in [1.54, 1.807) is 31.3 Å². The third kappa shape index (κ3) is 2.92. The maximum atomic E-state index is 12.0. The Morgan fingerprint density at radius 2 is 2.17 bits per heavy atom. The molecule has 0 saturated carbocycles. The van der Waals surface area contributed by atoms with Crippen molar-refractivity contribution in [2.45, 2.75) is 25.8 Å². The molecule has 2 aliphatic heterocycles. The predicted molar refractivity (Wildman–Crippen MR) is 91.9 cm³/mol. The van der Waals surface area contributed by atoms with Gasteiger partial charge >= 0.3 is 5.97 Å². The van der Waals surface area contributed by atoms with E-state index in [0.29, 0.717) is 29.2 Å². The van der Waals surface area contributed by atoms with Crippen molar-refractivity contribution in [3.63, 3.8) is 0 Å². The average Bonchev–Trinajstić information content (AvgIpc) is 2.98. The number of halogens is 1. The van der Waals surface area contributed by atoms with Gasteiger partial charge in [0.25, 0.3) is 5.91 Å². The highest BCUT2D eigenvalue weighted by molar-refractivity contribution is 6.54. The lowest BCUT2D eigenvalue weighted by Crippen LogP contribution is -2.37. The summed E-state index contributed by atoms with van der Waals surface area (Å²) in [6, 6.07) is 5.04. The highest BCUT2D eigenvalue weighted by atomic mass is 35.5. The first kappa shape index (κ1) is 16.6. The summed E-state index contributed by atoms with van der Waals surface area (Å²) in [6.45, 7) is 3.89. The van der Waals surface area contributed by atoms with Gasteiger partial charge in [-0.25, -0.2) is 0 Å². The fourth-order valence-corrected chi connectivity index (χ4v) is 3.19. The molecule has 1 aromatic rings. The van der Waals surface area contributed by atoms with Gasteiger partial charge in [-0.1, -0.05) is 11.6 Å². The Bertz CT molecular complexity index is 792. The molecule has 2 atom stereocenters. The number of amides is 1. The van der Waals surface area contributed by atoms with Gasteiger partial charge in [0, 0.05) is 23.3 Å². The molecular formula is C16H17ClN4O3. The van der Waals surface area contributed by atoms with E-state index in [-0.39, 0.29) is 11.6 Å². The van der Waals surface area contributed by atoms with E-state index in [2.05, 4.69) is 20.8 Å². The Balaban J connectivity index is 1.82. The number of hydrogen-bond donors (Lipinski definition) is 3. The molecule has 0 bridgehead atoms. The van der Waals surface area contributed by atoms with Crippen LogP contribution in [0.15, 0.2) is 28.4 Å². The quantitative estimate of drug-likeness (QED) is 0.573. The van der Waals surface area contributed by atoms with Gasteiger partial charge in [0.1, 0.15) is 0 Å². The van der Waals surface area contributed by atoms with Crippen molar-refractivity contribution in [3.05, 3.63) is 28.8 Å². The summed E-state index contributed by atoms with van der Waals surface area (Å²) in [6.07, 6.45) is 1.93. The molecule has 7 nitrogen and oxygen atoms in total. The molecular weight excluding hydrogens is 332 g/mol. The minimum absolute atomic E-state index is 0.186. The third-order valence-corrected chi connectivity index (χ3v) is 4.59. The molecule has 8 heteroatoms. The molecule has 0 spiro atoms. The normalized spacial score (nSPS) is 30.8. The highest BCUT2D eigenvalue weighted by Gasteiger charge is 2.46. The van der Waals surface area contributed by atoms with Crippen LogP contribution in [0.4, 0.5) is 5.69 Å². The zero-order valence-electron chi connectivity index (χ0n) is 13.3. The van der Waals surface area contributed by atoms with E-state index in [0.717, 1.165) is 0 Å². The van der Waals surface area contributed by atoms with Crippen molar-refractivity contribution >= 4 is 41.1 Å². The second-order valence-electron chi connectivity index (χ2n) is 6.65. The second-order valence-corrected chi connectivity index (χ2v) is 7.09. The van der Waals surface area contributed by atoms with Crippen molar-refractivity contribution in [2.24, 2.45) is 15.6 Å². The smallest absolute Gasteiger partial charge is 0.310 e. The van der Waals surface area contributed by atoms with Crippen molar-refractivity contribution in [3.8, 4) is 0 Å². The average molecular weight is 349 g/mol. The predicted octanol–water partition coefficient (Wildman–Crippen LogP) is 1.91. The molecule has 2 heterocycles. The first-order valence-corrected chi connectivity index (χ1v) is 7.82. The van der Waals surface area contributed by atoms with Crippen molar-refractivity contribution in [2.75, 3.05) is 11.9 Å². The fourth-order valence-electron chi connectivity index (χ4n) is 3.01. The van der Waals surface area contributed by atoms with E-state index in [9.17, 15) is 14.7 Å². The number of fused-ring (bicyclic) bond motifs is 1. The Hall–Kier alpha value is -2.25. The van der Waals surface area contributed by atoms with Crippen molar-refractivity contribution in [1.29, 1.82) is 0 Å². The molecule has 3 rings (SSSR count). The molecule has 1 aromatic carbocycles. The number of rotatable bonds is 3. The number of hydrogen-bond acceptors (Lipinski definition) is 5. The van der Waals surface area contributed by atoms with Gasteiger partial charge < -0.3 is 15.7 Å². The second kappa shape index (κ2) is 5.68. The molecule has 24 heavy (non-hydrogen) atoms. The lowest BCUT2D eigenvalue weighted by Gasteiger charge is -2.20. The number of carboxylic acid groups (broad SMARTS) is 1. The molecule has 0 aliphatic carbocycles. The van der Waals surface area contributed by atoms with Crippen LogP contribution in [0.2, 0.25) is 5.02 Å². The van der Waals surface area contributed by atoms with Crippen LogP contribution in [0.25, 0.3) is 0 Å². The minimum atomic E-state index is -0.850. The summed E-state index contributed by atoms with van der Waals surface area (Å²) in [5, 5.41) is 23.7. The van der Waals surface area contributed by atoms with Gasteiger partial charge in [-0.15, -0.1) is 5.10 Å². The number of carbonyl (C=O) groups excluding carboxylic acids is 1. The van der Waals surface area contributed by atoms with E-state index in [4.69, 9.17) is 11.6 Å². The van der Waals surface area contributed by atoms with E-state index in [1.165, 1.54) is 0 Å². The van der Waals surface area contributed by atoms with Crippen LogP contribution in [0, 0.1) is 5.41 Å². The van der Waals surface area contributed by atoms with Crippen LogP contribution < -0.4 is 10.6 Å². The maximum absolute atomic E-state index is 12.0. The van der Waals surface area contributed by atoms with Gasteiger partial charge in [0.05, 0.1) is 16.6 Å². The van der Waals surface area contributed by atoms with Gasteiger partial charge in [-0.3, -0.25) is 9.59 Å². The highest BCUT2D eigenvalue weighted by Crippen LogP contribution is 2.34. The van der Waals surface area contributed by atoms with Crippen LogP contribution in [0.5, 0.6) is 0 Å². The molecule has 0 radical (unpaired) electrons. The Morgan fingerprint density at radius 1 is 1.42 bits per heavy atom. The van der Waals surface area contributed by atoms with Crippen LogP contribution in [-0.4, -0.2) is 41.0 Å². The number of aliphatic carboxylic acids is 1. The van der Waals surface area contributed by atoms with E-state index < -0.39 is 16.9 Å². The van der Waals surface area contributed by atoms with Gasteiger partial charge in [-0.05, 0) is 38.5 Å². The molecule has 2 unspecified atom stereocenters. The van der Waals surface area contributed by atoms with Crippen LogP contribution in [0.3, 0.4) is 0 Å². The van der Waals surface area contributed by atoms with Crippen molar-refractivity contribution < 1.29 is 14.7 Å². The topological polar surface area (TPSA) is 103 Å². The monoisotopic (exact) mass is 348 g/mol. The molecule has 3 N–H and O–H groups in total. The largest absolute Gasteiger partial charge is 0.481 e. The van der Waals surface area contributed by atoms with Crippen LogP contribution in [-0.2, 0) is 9.59 Å². The summed E-state index contributed by atoms with van der Waals surface area (Å²) in [5.74, 6) is -1.19. The molecule has 2 aliphatic rings. The first-order valence-electron chi connectivity index (χ1n) is 7.44. The van der Waals surface area contributed by atoms with Crippen LogP contribution >= 0.6 is 11.6 Å². The third-order valence-electron chi connectivity index (χ3n) is 4.36. The number of carboxylic acids is 1. The molecule has 1 amide bonds. The summed E-state index contributed by atoms with van der Waals surface area (Å²) >= 11 is 5.96. The zero-order valence-corrected chi connectivity index (χ0v) is 14.0. The molecule has 0 aromatic heterocycles. The van der Waals surface area contributed by atoms with E-state index >= 15 is 0 Å². The van der Waals surface area contributed by atoms with Crippen molar-refractivity contribution in [1.82, 2.24) is 5.32 Å². The summed E-state index contributed by atoms with van der Waals surface area (Å²) in [7, 11) is 0. The van der Waals surface area contributed by atoms with Crippen LogP contribution in [0.1, 0.15) is 25.8 Å². The molecule has 126 valence electrons. The standard InChI is InChI=1S/C16H17ClN4O3/c1-15(14(23)24)6-16(2,18-7-15)8-19-21-12-10-5-9(17)3-4-11(10)20-13(12)22/h3-5,8,18H,6-7H2,1-2H3,(H,23,24)(H,20,21,22)/b19-8+. The summed E-state index contributed by atoms with van der Waals surface area (Å²) in [4.78, 5) is 23.3. The number of nitrogens with zero attached hydrogens (tertiary/aromatic N) is 2. The number of benzene rings is 1.